The van der Waals surface area contributed by atoms with E-state index in [-0.39, 0.29) is 5.84 Å². The van der Waals surface area contributed by atoms with Gasteiger partial charge in [0.05, 0.1) is 0 Å². The van der Waals surface area contributed by atoms with E-state index in [1.807, 2.05) is 0 Å². The molecule has 0 fully saturated rings. The van der Waals surface area contributed by atoms with E-state index in [2.05, 4.69) is 10.1 Å². The molecule has 5 nitrogen and oxygen atoms in total. The molecule has 0 radical (unpaired) electrons. The maximum absolute atomic E-state index is 12.0. The fraction of sp³-hybridized carbons (Fsp3) is 0. The average Bonchev–Trinajstić information content (AvgIpc) is 2.84. The maximum Gasteiger partial charge on any atom is 0.232 e. The van der Waals surface area contributed by atoms with Crippen molar-refractivity contribution in [2.75, 3.05) is 0 Å². The summed E-state index contributed by atoms with van der Waals surface area (Å²) in [6.07, 6.45) is 4.38. The van der Waals surface area contributed by atoms with Crippen molar-refractivity contribution in [1.82, 2.24) is 9.55 Å². The lowest BCUT2D eigenvalue weighted by molar-refractivity contribution is 0.105. The summed E-state index contributed by atoms with van der Waals surface area (Å²) in [6.45, 7) is 0. The Morgan fingerprint density at radius 3 is 2.59 bits per heavy atom. The van der Waals surface area contributed by atoms with Crippen molar-refractivity contribution in [2.45, 2.75) is 0 Å². The van der Waals surface area contributed by atoms with E-state index >= 15 is 0 Å². The lowest BCUT2D eigenvalue weighted by atomic mass is 10.1. The van der Waals surface area contributed by atoms with Crippen molar-refractivity contribution in [3.05, 3.63) is 53.6 Å². The van der Waals surface area contributed by atoms with E-state index in [4.69, 9.17) is 16.8 Å². The van der Waals surface area contributed by atoms with Gasteiger partial charge in [-0.1, -0.05) is 16.8 Å². The second-order valence-electron chi connectivity index (χ2n) is 3.23. The van der Waals surface area contributed by atoms with E-state index in [0.29, 0.717) is 10.6 Å². The van der Waals surface area contributed by atoms with Crippen molar-refractivity contribution >= 4 is 23.2 Å². The van der Waals surface area contributed by atoms with Gasteiger partial charge in [-0.3, -0.25) is 9.36 Å². The zero-order chi connectivity index (χ0) is 12.3. The number of hydrogen-bond donors (Lipinski definition) is 1. The van der Waals surface area contributed by atoms with E-state index in [1.54, 1.807) is 24.3 Å². The van der Waals surface area contributed by atoms with Gasteiger partial charge >= 0.3 is 0 Å². The fourth-order valence-corrected chi connectivity index (χ4v) is 1.46. The lowest BCUT2D eigenvalue weighted by Gasteiger charge is -2.03. The zero-order valence-corrected chi connectivity index (χ0v) is 9.37. The smallest absolute Gasteiger partial charge is 0.232 e. The average molecular weight is 250 g/mol. The van der Waals surface area contributed by atoms with Crippen molar-refractivity contribution in [3.63, 3.8) is 0 Å². The lowest BCUT2D eigenvalue weighted by Crippen LogP contribution is -2.22. The van der Waals surface area contributed by atoms with Crippen LogP contribution in [0.4, 0.5) is 0 Å². The molecule has 0 spiro atoms. The minimum atomic E-state index is -0.415. The molecule has 1 aromatic heterocycles. The van der Waals surface area contributed by atoms with E-state index < -0.39 is 5.78 Å². The molecule has 1 heterocycles. The van der Waals surface area contributed by atoms with Crippen molar-refractivity contribution < 1.29 is 10.0 Å². The quantitative estimate of drug-likeness (QED) is 0.291. The molecule has 0 unspecified atom stereocenters. The molecular weight excluding hydrogens is 242 g/mol. The first kappa shape index (κ1) is 11.3. The van der Waals surface area contributed by atoms with Gasteiger partial charge in [0.1, 0.15) is 6.33 Å². The van der Waals surface area contributed by atoms with Crippen LogP contribution >= 0.6 is 11.6 Å². The Morgan fingerprint density at radius 1 is 1.35 bits per heavy atom. The number of halogens is 1. The van der Waals surface area contributed by atoms with Crippen LogP contribution in [0.3, 0.4) is 0 Å². The molecule has 2 rings (SSSR count). The molecule has 2 aromatic rings. The topological polar surface area (TPSA) is 67.5 Å². The van der Waals surface area contributed by atoms with Gasteiger partial charge in [0.2, 0.25) is 11.6 Å². The van der Waals surface area contributed by atoms with Gasteiger partial charge in [-0.25, -0.2) is 4.98 Å². The molecule has 0 amide bonds. The molecule has 0 aliphatic carbocycles. The van der Waals surface area contributed by atoms with Crippen LogP contribution in [-0.4, -0.2) is 26.4 Å². The van der Waals surface area contributed by atoms with Gasteiger partial charge in [0.15, 0.2) is 0 Å². The van der Waals surface area contributed by atoms with Gasteiger partial charge in [0, 0.05) is 23.0 Å². The third-order valence-corrected chi connectivity index (χ3v) is 2.41. The fourth-order valence-electron chi connectivity index (χ4n) is 1.33. The summed E-state index contributed by atoms with van der Waals surface area (Å²) in [6, 6.07) is 6.31. The summed E-state index contributed by atoms with van der Waals surface area (Å²) in [5.74, 6) is -0.535. The van der Waals surface area contributed by atoms with Crippen LogP contribution in [0.15, 0.2) is 48.1 Å². The van der Waals surface area contributed by atoms with Crippen LogP contribution in [0.2, 0.25) is 5.02 Å². The number of ketones is 1. The first-order valence-electron chi connectivity index (χ1n) is 4.73. The predicted molar refractivity (Wildman–Crippen MR) is 62.6 cm³/mol. The van der Waals surface area contributed by atoms with Crippen LogP contribution in [-0.2, 0) is 0 Å². The number of hydrogen-bond acceptors (Lipinski definition) is 4. The Labute approximate surface area is 102 Å². The highest BCUT2D eigenvalue weighted by Gasteiger charge is 2.16. The van der Waals surface area contributed by atoms with Crippen LogP contribution in [0.1, 0.15) is 10.4 Å². The summed E-state index contributed by atoms with van der Waals surface area (Å²) in [4.78, 5) is 15.8. The Balaban J connectivity index is 2.34. The minimum absolute atomic E-state index is 0.121. The number of Topliss-reactive ketones (excluding diaryl/α,β-unsaturated/α-hetero) is 1. The summed E-state index contributed by atoms with van der Waals surface area (Å²) in [7, 11) is 0. The number of benzene rings is 1. The van der Waals surface area contributed by atoms with Gasteiger partial charge in [-0.05, 0) is 24.3 Å². The summed E-state index contributed by atoms with van der Waals surface area (Å²) < 4.78 is 1.33. The number of nitrogens with zero attached hydrogens (tertiary/aromatic N) is 3. The van der Waals surface area contributed by atoms with Crippen LogP contribution in [0.25, 0.3) is 0 Å². The largest absolute Gasteiger partial charge is 0.409 e. The van der Waals surface area contributed by atoms with Crippen molar-refractivity contribution in [3.8, 4) is 0 Å². The molecule has 6 heteroatoms. The van der Waals surface area contributed by atoms with E-state index in [1.165, 1.54) is 23.3 Å². The normalized spacial score (nSPS) is 11.5. The number of imidazole rings is 1. The zero-order valence-electron chi connectivity index (χ0n) is 8.62. The molecule has 0 bridgehead atoms. The molecule has 0 aliphatic heterocycles. The molecular formula is C11H8ClN3O2. The Hall–Kier alpha value is -2.14. The molecule has 0 aliphatic rings. The molecule has 0 atom stereocenters. The highest BCUT2D eigenvalue weighted by atomic mass is 35.5. The monoisotopic (exact) mass is 249 g/mol. The first-order chi connectivity index (χ1) is 8.22. The number of aromatic nitrogens is 2. The van der Waals surface area contributed by atoms with Gasteiger partial charge in [0.25, 0.3) is 0 Å². The molecule has 1 aromatic carbocycles. The number of rotatable bonds is 2. The summed E-state index contributed by atoms with van der Waals surface area (Å²) in [5.41, 5.74) is 0.385. The summed E-state index contributed by atoms with van der Waals surface area (Å²) in [5, 5.41) is 12.4. The third kappa shape index (κ3) is 2.34. The number of carbonyl (C=O) groups excluding carboxylic acids is 1. The Morgan fingerprint density at radius 2 is 2.06 bits per heavy atom. The molecule has 86 valence electrons. The van der Waals surface area contributed by atoms with E-state index in [0.717, 1.165) is 0 Å². The van der Waals surface area contributed by atoms with Crippen LogP contribution in [0.5, 0.6) is 0 Å². The SMILES string of the molecule is O=C(/C(=N/O)n1ccnc1)c1ccc(Cl)cc1. The highest BCUT2D eigenvalue weighted by Crippen LogP contribution is 2.11. The maximum atomic E-state index is 12.0. The first-order valence-corrected chi connectivity index (χ1v) is 5.11. The number of carbonyl (C=O) groups is 1. The molecule has 0 saturated heterocycles. The highest BCUT2D eigenvalue weighted by molar-refractivity contribution is 6.45. The van der Waals surface area contributed by atoms with Crippen molar-refractivity contribution in [2.24, 2.45) is 5.16 Å². The Kier molecular flexibility index (Phi) is 3.20. The van der Waals surface area contributed by atoms with Crippen molar-refractivity contribution in [1.29, 1.82) is 0 Å². The summed E-state index contributed by atoms with van der Waals surface area (Å²) >= 11 is 5.72. The van der Waals surface area contributed by atoms with Crippen LogP contribution in [0, 0.1) is 0 Å². The third-order valence-electron chi connectivity index (χ3n) is 2.15. The number of oxime groups is 1. The van der Waals surface area contributed by atoms with Gasteiger partial charge in [-0.15, -0.1) is 0 Å². The van der Waals surface area contributed by atoms with E-state index in [9.17, 15) is 4.79 Å². The molecule has 17 heavy (non-hydrogen) atoms. The second kappa shape index (κ2) is 4.80. The standard InChI is InChI=1S/C11H8ClN3O2/c12-9-3-1-8(2-4-9)10(16)11(14-17)15-6-5-13-7-15/h1-7,17H/b14-11-. The van der Waals surface area contributed by atoms with Gasteiger partial charge < -0.3 is 5.21 Å². The second-order valence-corrected chi connectivity index (χ2v) is 3.67. The molecule has 1 N–H and O–H groups in total. The predicted octanol–water partition coefficient (Wildman–Crippen LogP) is 2.06. The minimum Gasteiger partial charge on any atom is -0.409 e. The Bertz CT molecular complexity index is 547. The van der Waals surface area contributed by atoms with Gasteiger partial charge in [-0.2, -0.15) is 0 Å². The molecule has 0 saturated carbocycles. The van der Waals surface area contributed by atoms with Crippen LogP contribution < -0.4 is 0 Å².